The molecule has 0 amide bonds. The molecule has 0 saturated carbocycles. The summed E-state index contributed by atoms with van der Waals surface area (Å²) in [6, 6.07) is 18.1. The number of thiophene rings is 1. The van der Waals surface area contributed by atoms with E-state index in [1.807, 2.05) is 47.8 Å². The van der Waals surface area contributed by atoms with E-state index in [0.29, 0.717) is 11.9 Å². The second kappa shape index (κ2) is 7.76. The first-order valence-electron chi connectivity index (χ1n) is 8.91. The monoisotopic (exact) mass is 376 g/mol. The second-order valence-electron chi connectivity index (χ2n) is 6.39. The van der Waals surface area contributed by atoms with E-state index in [-0.39, 0.29) is 5.56 Å². The van der Waals surface area contributed by atoms with E-state index in [2.05, 4.69) is 17.1 Å². The number of hydrogen-bond donors (Lipinski definition) is 0. The van der Waals surface area contributed by atoms with Gasteiger partial charge in [-0.15, -0.1) is 11.3 Å². The van der Waals surface area contributed by atoms with Crippen LogP contribution in [0.25, 0.3) is 21.3 Å². The summed E-state index contributed by atoms with van der Waals surface area (Å²) in [4.78, 5) is 18.3. The maximum absolute atomic E-state index is 13.1. The Hall–Kier alpha value is -2.92. The Kier molecular flexibility index (Phi) is 5.03. The van der Waals surface area contributed by atoms with Crippen molar-refractivity contribution >= 4 is 21.6 Å². The maximum atomic E-state index is 13.1. The maximum Gasteiger partial charge on any atom is 0.262 e. The minimum Gasteiger partial charge on any atom is -0.497 e. The first-order valence-corrected chi connectivity index (χ1v) is 9.79. The van der Waals surface area contributed by atoms with Crippen molar-refractivity contribution in [3.63, 3.8) is 0 Å². The lowest BCUT2D eigenvalue weighted by Crippen LogP contribution is -2.20. The number of nitrogens with zero attached hydrogens (tertiary/aromatic N) is 2. The SMILES string of the molecule is COc1ccc(-c2csc3ncn(CCCc4ccccc4)c(=O)c23)cc1. The smallest absolute Gasteiger partial charge is 0.262 e. The highest BCUT2D eigenvalue weighted by atomic mass is 32.1. The van der Waals surface area contributed by atoms with Crippen molar-refractivity contribution in [3.05, 3.63) is 82.2 Å². The summed E-state index contributed by atoms with van der Waals surface area (Å²) in [6.45, 7) is 0.661. The molecule has 5 heteroatoms. The van der Waals surface area contributed by atoms with Crippen LogP contribution >= 0.6 is 11.3 Å². The molecule has 27 heavy (non-hydrogen) atoms. The average Bonchev–Trinajstić information content (AvgIpc) is 3.15. The fourth-order valence-electron chi connectivity index (χ4n) is 3.21. The molecule has 2 aromatic carbocycles. The van der Waals surface area contributed by atoms with Crippen LogP contribution in [0.3, 0.4) is 0 Å². The topological polar surface area (TPSA) is 44.1 Å². The third-order valence-electron chi connectivity index (χ3n) is 4.67. The van der Waals surface area contributed by atoms with Crippen molar-refractivity contribution in [2.45, 2.75) is 19.4 Å². The van der Waals surface area contributed by atoms with Gasteiger partial charge < -0.3 is 4.74 Å². The van der Waals surface area contributed by atoms with E-state index in [1.165, 1.54) is 16.9 Å². The van der Waals surface area contributed by atoms with Gasteiger partial charge in [0.05, 0.1) is 18.8 Å². The predicted molar refractivity (Wildman–Crippen MR) is 111 cm³/mol. The predicted octanol–water partition coefficient (Wildman–Crippen LogP) is 4.77. The molecule has 2 heterocycles. The Balaban J connectivity index is 1.61. The molecule has 4 rings (SSSR count). The molecule has 4 aromatic rings. The lowest BCUT2D eigenvalue weighted by molar-refractivity contribution is 0.415. The summed E-state index contributed by atoms with van der Waals surface area (Å²) in [5.74, 6) is 0.801. The Morgan fingerprint density at radius 3 is 2.59 bits per heavy atom. The van der Waals surface area contributed by atoms with Crippen LogP contribution < -0.4 is 10.3 Å². The zero-order chi connectivity index (χ0) is 18.6. The molecule has 0 aliphatic heterocycles. The van der Waals surface area contributed by atoms with Crippen LogP contribution in [0.5, 0.6) is 5.75 Å². The fourth-order valence-corrected chi connectivity index (χ4v) is 4.11. The molecule has 0 unspecified atom stereocenters. The normalized spacial score (nSPS) is 11.0. The lowest BCUT2D eigenvalue weighted by Gasteiger charge is -2.07. The first kappa shape index (κ1) is 17.5. The minimum absolute atomic E-state index is 0.0279. The van der Waals surface area contributed by atoms with Crippen LogP contribution in [0.4, 0.5) is 0 Å². The lowest BCUT2D eigenvalue weighted by atomic mass is 10.1. The number of benzene rings is 2. The molecule has 0 aliphatic rings. The molecule has 2 aromatic heterocycles. The molecule has 0 fully saturated rings. The largest absolute Gasteiger partial charge is 0.497 e. The van der Waals surface area contributed by atoms with Crippen molar-refractivity contribution in [3.8, 4) is 16.9 Å². The third-order valence-corrected chi connectivity index (χ3v) is 5.56. The molecular formula is C22H20N2O2S. The summed E-state index contributed by atoms with van der Waals surface area (Å²) in [5.41, 5.74) is 3.25. The number of methoxy groups -OCH3 is 1. The van der Waals surface area contributed by atoms with E-state index in [0.717, 1.165) is 34.5 Å². The Morgan fingerprint density at radius 1 is 1.07 bits per heavy atom. The van der Waals surface area contributed by atoms with Crippen LogP contribution in [0.2, 0.25) is 0 Å². The van der Waals surface area contributed by atoms with E-state index < -0.39 is 0 Å². The van der Waals surface area contributed by atoms with Crippen molar-refractivity contribution in [2.24, 2.45) is 0 Å². The Labute approximate surface area is 161 Å². The van der Waals surface area contributed by atoms with Gasteiger partial charge in [0.15, 0.2) is 0 Å². The van der Waals surface area contributed by atoms with Gasteiger partial charge in [0, 0.05) is 17.5 Å². The van der Waals surface area contributed by atoms with E-state index >= 15 is 0 Å². The van der Waals surface area contributed by atoms with Crippen molar-refractivity contribution in [1.29, 1.82) is 0 Å². The molecule has 0 aliphatic carbocycles. The van der Waals surface area contributed by atoms with Gasteiger partial charge in [-0.1, -0.05) is 42.5 Å². The van der Waals surface area contributed by atoms with Crippen LogP contribution in [-0.2, 0) is 13.0 Å². The number of hydrogen-bond acceptors (Lipinski definition) is 4. The van der Waals surface area contributed by atoms with Crippen molar-refractivity contribution in [2.75, 3.05) is 7.11 Å². The molecule has 136 valence electrons. The quantitative estimate of drug-likeness (QED) is 0.487. The highest BCUT2D eigenvalue weighted by Gasteiger charge is 2.13. The van der Waals surface area contributed by atoms with Gasteiger partial charge in [0.1, 0.15) is 10.6 Å². The van der Waals surface area contributed by atoms with Crippen LogP contribution in [0.15, 0.2) is 71.1 Å². The Morgan fingerprint density at radius 2 is 1.85 bits per heavy atom. The highest BCUT2D eigenvalue weighted by Crippen LogP contribution is 2.31. The molecular weight excluding hydrogens is 356 g/mol. The van der Waals surface area contributed by atoms with Crippen LogP contribution in [0, 0.1) is 0 Å². The standard InChI is InChI=1S/C22H20N2O2S/c1-26-18-11-9-17(10-12-18)19-14-27-21-20(19)22(25)24(15-23-21)13-5-8-16-6-3-2-4-7-16/h2-4,6-7,9-12,14-15H,5,8,13H2,1H3. The van der Waals surface area contributed by atoms with E-state index in [4.69, 9.17) is 4.74 Å². The third kappa shape index (κ3) is 3.64. The van der Waals surface area contributed by atoms with Gasteiger partial charge in [0.2, 0.25) is 0 Å². The van der Waals surface area contributed by atoms with E-state index in [9.17, 15) is 4.79 Å². The molecule has 4 nitrogen and oxygen atoms in total. The van der Waals surface area contributed by atoms with Crippen LogP contribution in [0.1, 0.15) is 12.0 Å². The first-order chi connectivity index (χ1) is 13.3. The summed E-state index contributed by atoms with van der Waals surface area (Å²) in [6.07, 6.45) is 3.52. The summed E-state index contributed by atoms with van der Waals surface area (Å²) < 4.78 is 6.95. The fraction of sp³-hybridized carbons (Fsp3) is 0.182. The summed E-state index contributed by atoms with van der Waals surface area (Å²) in [5, 5.41) is 2.71. The van der Waals surface area contributed by atoms with E-state index in [1.54, 1.807) is 18.0 Å². The molecule has 0 spiro atoms. The Bertz CT molecular complexity index is 1100. The molecule has 0 saturated heterocycles. The zero-order valence-electron chi connectivity index (χ0n) is 15.1. The van der Waals surface area contributed by atoms with Gasteiger partial charge in [-0.2, -0.15) is 0 Å². The summed E-state index contributed by atoms with van der Waals surface area (Å²) >= 11 is 1.51. The molecule has 0 N–H and O–H groups in total. The van der Waals surface area contributed by atoms with Gasteiger partial charge in [0.25, 0.3) is 5.56 Å². The number of aromatic nitrogens is 2. The number of ether oxygens (including phenoxy) is 1. The van der Waals surface area contributed by atoms with Gasteiger partial charge in [-0.05, 0) is 36.1 Å². The second-order valence-corrected chi connectivity index (χ2v) is 7.25. The average molecular weight is 376 g/mol. The van der Waals surface area contributed by atoms with Crippen LogP contribution in [-0.4, -0.2) is 16.7 Å². The van der Waals surface area contributed by atoms with Gasteiger partial charge in [-0.3, -0.25) is 9.36 Å². The molecule has 0 atom stereocenters. The van der Waals surface area contributed by atoms with Crippen molar-refractivity contribution < 1.29 is 4.74 Å². The number of rotatable bonds is 6. The van der Waals surface area contributed by atoms with Gasteiger partial charge >= 0.3 is 0 Å². The van der Waals surface area contributed by atoms with Crippen molar-refractivity contribution in [1.82, 2.24) is 9.55 Å². The molecule has 0 radical (unpaired) electrons. The number of fused-ring (bicyclic) bond motifs is 1. The minimum atomic E-state index is 0.0279. The zero-order valence-corrected chi connectivity index (χ0v) is 15.9. The number of aryl methyl sites for hydroxylation is 2. The molecule has 0 bridgehead atoms. The highest BCUT2D eigenvalue weighted by molar-refractivity contribution is 7.17. The summed E-state index contributed by atoms with van der Waals surface area (Å²) in [7, 11) is 1.65. The van der Waals surface area contributed by atoms with Gasteiger partial charge in [-0.25, -0.2) is 4.98 Å².